The first kappa shape index (κ1) is 15.4. The number of aromatic nitrogens is 1. The van der Waals surface area contributed by atoms with E-state index in [2.05, 4.69) is 31.4 Å². The predicted molar refractivity (Wildman–Crippen MR) is 87.4 cm³/mol. The van der Waals surface area contributed by atoms with Gasteiger partial charge in [0.05, 0.1) is 18.4 Å². The van der Waals surface area contributed by atoms with Gasteiger partial charge in [-0.15, -0.1) is 0 Å². The van der Waals surface area contributed by atoms with E-state index in [1.807, 2.05) is 38.2 Å². The lowest BCUT2D eigenvalue weighted by Gasteiger charge is -2.16. The Bertz CT molecular complexity index is 715. The molecule has 3 nitrogen and oxygen atoms in total. The van der Waals surface area contributed by atoms with Crippen LogP contribution in [0.5, 0.6) is 0 Å². The maximum Gasteiger partial charge on any atom is 0.340 e. The highest BCUT2D eigenvalue weighted by Crippen LogP contribution is 2.32. The van der Waals surface area contributed by atoms with Crippen LogP contribution < -0.4 is 0 Å². The summed E-state index contributed by atoms with van der Waals surface area (Å²) < 4.78 is 7.07. The smallest absolute Gasteiger partial charge is 0.340 e. The third-order valence-electron chi connectivity index (χ3n) is 3.52. The predicted octanol–water partition coefficient (Wildman–Crippen LogP) is 4.41. The second-order valence-electron chi connectivity index (χ2n) is 6.48. The van der Waals surface area contributed by atoms with Gasteiger partial charge in [0.1, 0.15) is 0 Å². The monoisotopic (exact) mass is 285 g/mol. The summed E-state index contributed by atoms with van der Waals surface area (Å²) in [5, 5.41) is 0.934. The van der Waals surface area contributed by atoms with Gasteiger partial charge in [-0.3, -0.25) is 0 Å². The Labute approximate surface area is 126 Å². The Morgan fingerprint density at radius 2 is 1.86 bits per heavy atom. The van der Waals surface area contributed by atoms with Gasteiger partial charge >= 0.3 is 5.97 Å². The lowest BCUT2D eigenvalue weighted by Crippen LogP contribution is -2.08. The van der Waals surface area contributed by atoms with Crippen molar-refractivity contribution in [1.29, 1.82) is 0 Å². The molecule has 2 rings (SSSR count). The number of allylic oxidation sites excluding steroid dienone is 2. The number of esters is 1. The molecule has 21 heavy (non-hydrogen) atoms. The van der Waals surface area contributed by atoms with Crippen LogP contribution in [0.25, 0.3) is 16.5 Å². The number of carbonyl (C=O) groups excluding carboxylic acids is 1. The summed E-state index contributed by atoms with van der Waals surface area (Å²) in [6, 6.07) is 7.92. The van der Waals surface area contributed by atoms with E-state index in [9.17, 15) is 4.79 Å². The molecule has 2 aromatic rings. The van der Waals surface area contributed by atoms with E-state index < -0.39 is 0 Å². The Balaban J connectivity index is 2.81. The van der Waals surface area contributed by atoms with E-state index >= 15 is 0 Å². The molecule has 0 saturated heterocycles. The zero-order chi connectivity index (χ0) is 15.8. The maximum absolute atomic E-state index is 12.3. The Morgan fingerprint density at radius 3 is 2.43 bits per heavy atom. The molecule has 0 N–H and O–H groups in total. The number of benzene rings is 1. The van der Waals surface area contributed by atoms with Crippen LogP contribution in [0, 0.1) is 5.41 Å². The minimum atomic E-state index is -0.288. The number of hydrogen-bond donors (Lipinski definition) is 0. The fraction of sp³-hybridized carbons (Fsp3) is 0.389. The summed E-state index contributed by atoms with van der Waals surface area (Å²) in [6.07, 6.45) is 2.19. The van der Waals surface area contributed by atoms with Gasteiger partial charge in [-0.25, -0.2) is 4.79 Å². The van der Waals surface area contributed by atoms with Crippen LogP contribution in [0.3, 0.4) is 0 Å². The van der Waals surface area contributed by atoms with E-state index in [1.165, 1.54) is 7.11 Å². The molecule has 0 aliphatic carbocycles. The highest BCUT2D eigenvalue weighted by molar-refractivity contribution is 6.08. The highest BCUT2D eigenvalue weighted by atomic mass is 16.5. The van der Waals surface area contributed by atoms with Crippen molar-refractivity contribution >= 4 is 22.4 Å². The van der Waals surface area contributed by atoms with Crippen LogP contribution >= 0.6 is 0 Å². The topological polar surface area (TPSA) is 31.2 Å². The number of methoxy groups -OCH3 is 1. The summed E-state index contributed by atoms with van der Waals surface area (Å²) in [7, 11) is 3.42. The van der Waals surface area contributed by atoms with Crippen LogP contribution in [0.2, 0.25) is 0 Å². The molecule has 1 aromatic carbocycles. The van der Waals surface area contributed by atoms with Gasteiger partial charge in [-0.05, 0) is 24.0 Å². The van der Waals surface area contributed by atoms with Crippen LogP contribution in [-0.4, -0.2) is 17.6 Å². The first-order valence-electron chi connectivity index (χ1n) is 7.12. The first-order chi connectivity index (χ1) is 9.76. The summed E-state index contributed by atoms with van der Waals surface area (Å²) in [5.74, 6) is -0.288. The molecule has 0 fully saturated rings. The molecular weight excluding hydrogens is 262 g/mol. The van der Waals surface area contributed by atoms with Gasteiger partial charge < -0.3 is 9.30 Å². The van der Waals surface area contributed by atoms with Crippen molar-refractivity contribution in [1.82, 2.24) is 4.57 Å². The number of fused-ring (bicyclic) bond motifs is 1. The van der Waals surface area contributed by atoms with Crippen LogP contribution in [0.4, 0.5) is 0 Å². The maximum atomic E-state index is 12.3. The molecular formula is C18H23NO2. The molecule has 1 heterocycles. The van der Waals surface area contributed by atoms with Crippen molar-refractivity contribution < 1.29 is 9.53 Å². The number of nitrogens with zero attached hydrogens (tertiary/aromatic N) is 1. The molecule has 0 amide bonds. The van der Waals surface area contributed by atoms with Crippen LogP contribution in [0.15, 0.2) is 30.3 Å². The molecule has 0 aliphatic heterocycles. The molecule has 0 spiro atoms. The van der Waals surface area contributed by atoms with E-state index in [-0.39, 0.29) is 11.4 Å². The Morgan fingerprint density at radius 1 is 1.24 bits per heavy atom. The average molecular weight is 285 g/mol. The van der Waals surface area contributed by atoms with Gasteiger partial charge in [-0.2, -0.15) is 0 Å². The minimum Gasteiger partial charge on any atom is -0.465 e. The Hall–Kier alpha value is -2.03. The summed E-state index contributed by atoms with van der Waals surface area (Å²) >= 11 is 0. The first-order valence-corrected chi connectivity index (χ1v) is 7.12. The van der Waals surface area contributed by atoms with Crippen molar-refractivity contribution in [2.75, 3.05) is 7.11 Å². The lowest BCUT2D eigenvalue weighted by atomic mass is 9.92. The molecule has 0 atom stereocenters. The normalized spacial score (nSPS) is 12.8. The molecule has 1 aromatic heterocycles. The van der Waals surface area contributed by atoms with E-state index in [1.54, 1.807) is 0 Å². The second kappa shape index (κ2) is 5.40. The minimum absolute atomic E-state index is 0.0495. The quantitative estimate of drug-likeness (QED) is 0.765. The Kier molecular flexibility index (Phi) is 3.95. The van der Waals surface area contributed by atoms with Crippen molar-refractivity contribution in [2.24, 2.45) is 12.5 Å². The largest absolute Gasteiger partial charge is 0.465 e. The molecule has 0 radical (unpaired) electrons. The zero-order valence-electron chi connectivity index (χ0n) is 13.7. The second-order valence-corrected chi connectivity index (χ2v) is 6.48. The van der Waals surface area contributed by atoms with Gasteiger partial charge in [-0.1, -0.05) is 45.0 Å². The van der Waals surface area contributed by atoms with Gasteiger partial charge in [0.15, 0.2) is 0 Å². The molecule has 3 heteroatoms. The SMILES string of the molecule is COC(=O)c1c(/C(C)=C/C(C)(C)C)n(C)c2ccccc12. The third kappa shape index (κ3) is 2.87. The van der Waals surface area contributed by atoms with Crippen molar-refractivity contribution in [3.05, 3.63) is 41.6 Å². The number of aryl methyl sites for hydroxylation is 1. The summed E-state index contributed by atoms with van der Waals surface area (Å²) in [5.41, 5.74) is 3.75. The number of para-hydroxylation sites is 1. The molecule has 0 aliphatic rings. The fourth-order valence-corrected chi connectivity index (χ4v) is 2.88. The standard InChI is InChI=1S/C18H23NO2/c1-12(11-18(2,3)4)16-15(17(20)21-6)13-9-7-8-10-14(13)19(16)5/h7-11H,1-6H3/b12-11+. The molecule has 112 valence electrons. The van der Waals surface area contributed by atoms with E-state index in [0.29, 0.717) is 5.56 Å². The van der Waals surface area contributed by atoms with Crippen molar-refractivity contribution in [2.45, 2.75) is 27.7 Å². The molecule has 0 saturated carbocycles. The van der Waals surface area contributed by atoms with Gasteiger partial charge in [0.2, 0.25) is 0 Å². The number of carbonyl (C=O) groups is 1. The summed E-state index contributed by atoms with van der Waals surface area (Å²) in [4.78, 5) is 12.3. The van der Waals surface area contributed by atoms with Gasteiger partial charge in [0.25, 0.3) is 0 Å². The number of hydrogen-bond acceptors (Lipinski definition) is 2. The summed E-state index contributed by atoms with van der Waals surface area (Å²) in [6.45, 7) is 8.50. The third-order valence-corrected chi connectivity index (χ3v) is 3.52. The zero-order valence-corrected chi connectivity index (χ0v) is 13.7. The number of ether oxygens (including phenoxy) is 1. The molecule has 0 unspecified atom stereocenters. The number of rotatable bonds is 2. The van der Waals surface area contributed by atoms with E-state index in [0.717, 1.165) is 22.2 Å². The van der Waals surface area contributed by atoms with Crippen molar-refractivity contribution in [3.63, 3.8) is 0 Å². The van der Waals surface area contributed by atoms with Crippen molar-refractivity contribution in [3.8, 4) is 0 Å². The van der Waals surface area contributed by atoms with Crippen LogP contribution in [0.1, 0.15) is 43.7 Å². The van der Waals surface area contributed by atoms with E-state index in [4.69, 9.17) is 4.74 Å². The highest BCUT2D eigenvalue weighted by Gasteiger charge is 2.23. The molecule has 0 bridgehead atoms. The van der Waals surface area contributed by atoms with Gasteiger partial charge in [0, 0.05) is 18.0 Å². The fourth-order valence-electron chi connectivity index (χ4n) is 2.88. The van der Waals surface area contributed by atoms with Crippen LogP contribution in [-0.2, 0) is 11.8 Å². The lowest BCUT2D eigenvalue weighted by molar-refractivity contribution is 0.0602. The average Bonchev–Trinajstić information content (AvgIpc) is 2.70.